The van der Waals surface area contributed by atoms with E-state index >= 15 is 0 Å². The van der Waals surface area contributed by atoms with Crippen LogP contribution >= 0.6 is 0 Å². The van der Waals surface area contributed by atoms with Crippen molar-refractivity contribution >= 4 is 19.9 Å². The molecule has 0 aromatic rings. The summed E-state index contributed by atoms with van der Waals surface area (Å²) in [5, 5.41) is 3.13. The van der Waals surface area contributed by atoms with Crippen LogP contribution in [0.15, 0.2) is 0 Å². The third kappa shape index (κ3) is 4.83. The van der Waals surface area contributed by atoms with E-state index in [-0.39, 0.29) is 17.5 Å². The lowest BCUT2D eigenvalue weighted by atomic mass is 10.2. The van der Waals surface area contributed by atoms with Gasteiger partial charge < -0.3 is 5.32 Å². The first-order valence-corrected chi connectivity index (χ1v) is 9.81. The zero-order valence-corrected chi connectivity index (χ0v) is 12.6. The Morgan fingerprint density at radius 3 is 2.33 bits per heavy atom. The van der Waals surface area contributed by atoms with Crippen molar-refractivity contribution in [3.63, 3.8) is 0 Å². The topological polar surface area (TPSA) is 83.6 Å². The molecular weight excluding hydrogens is 276 g/mol. The van der Waals surface area contributed by atoms with E-state index < -0.39 is 19.9 Å². The molecule has 0 saturated carbocycles. The van der Waals surface area contributed by atoms with Gasteiger partial charge in [-0.2, -0.15) is 4.31 Å². The summed E-state index contributed by atoms with van der Waals surface area (Å²) in [4.78, 5) is 0. The zero-order valence-electron chi connectivity index (χ0n) is 10.9. The molecule has 1 aliphatic rings. The summed E-state index contributed by atoms with van der Waals surface area (Å²) in [6, 6.07) is -0.0329. The van der Waals surface area contributed by atoms with Gasteiger partial charge in [0.1, 0.15) is 9.84 Å². The standard InChI is InChI=1S/C10H22N2O4S2/c1-3-6-12(10-4-5-11-9-10)18(15,16)8-7-17(2,13)14/h10-11H,3-9H2,1-2H3. The van der Waals surface area contributed by atoms with Gasteiger partial charge in [0.05, 0.1) is 11.5 Å². The fourth-order valence-electron chi connectivity index (χ4n) is 2.03. The maximum atomic E-state index is 12.2. The predicted molar refractivity (Wildman–Crippen MR) is 71.8 cm³/mol. The molecule has 1 aliphatic heterocycles. The molecule has 108 valence electrons. The average Bonchev–Trinajstić information content (AvgIpc) is 2.75. The van der Waals surface area contributed by atoms with Crippen LogP contribution in [0.25, 0.3) is 0 Å². The smallest absolute Gasteiger partial charge is 0.215 e. The van der Waals surface area contributed by atoms with Crippen molar-refractivity contribution in [2.45, 2.75) is 25.8 Å². The molecule has 0 aromatic carbocycles. The second-order valence-electron chi connectivity index (χ2n) is 4.70. The quantitative estimate of drug-likeness (QED) is 0.681. The highest BCUT2D eigenvalue weighted by Gasteiger charge is 2.31. The Labute approximate surface area is 110 Å². The van der Waals surface area contributed by atoms with Crippen molar-refractivity contribution in [2.24, 2.45) is 0 Å². The van der Waals surface area contributed by atoms with Gasteiger partial charge in [-0.05, 0) is 19.4 Å². The lowest BCUT2D eigenvalue weighted by molar-refractivity contribution is 0.335. The van der Waals surface area contributed by atoms with E-state index in [9.17, 15) is 16.8 Å². The third-order valence-corrected chi connectivity index (χ3v) is 6.07. The number of nitrogens with zero attached hydrogens (tertiary/aromatic N) is 1. The normalized spacial score (nSPS) is 21.6. The minimum Gasteiger partial charge on any atom is -0.315 e. The summed E-state index contributed by atoms with van der Waals surface area (Å²) in [5.74, 6) is -0.627. The summed E-state index contributed by atoms with van der Waals surface area (Å²) in [5.41, 5.74) is 0. The first-order chi connectivity index (χ1) is 8.26. The molecule has 0 amide bonds. The number of nitrogens with one attached hydrogen (secondary N) is 1. The summed E-state index contributed by atoms with van der Waals surface area (Å²) < 4.78 is 48.0. The van der Waals surface area contributed by atoms with Gasteiger partial charge in [-0.25, -0.2) is 16.8 Å². The van der Waals surface area contributed by atoms with Gasteiger partial charge in [0.2, 0.25) is 10.0 Å². The van der Waals surface area contributed by atoms with E-state index in [0.717, 1.165) is 25.6 Å². The number of hydrogen-bond donors (Lipinski definition) is 1. The second-order valence-corrected chi connectivity index (χ2v) is 9.00. The van der Waals surface area contributed by atoms with Crippen molar-refractivity contribution in [1.29, 1.82) is 0 Å². The molecule has 6 nitrogen and oxygen atoms in total. The van der Waals surface area contributed by atoms with Crippen LogP contribution in [-0.4, -0.2) is 64.6 Å². The van der Waals surface area contributed by atoms with Gasteiger partial charge in [-0.15, -0.1) is 0 Å². The molecule has 18 heavy (non-hydrogen) atoms. The second kappa shape index (κ2) is 6.31. The Morgan fingerprint density at radius 1 is 1.22 bits per heavy atom. The number of sulfone groups is 1. The highest BCUT2D eigenvalue weighted by Crippen LogP contribution is 2.15. The predicted octanol–water partition coefficient (Wildman–Crippen LogP) is -0.565. The molecular formula is C10H22N2O4S2. The molecule has 1 saturated heterocycles. The number of hydrogen-bond acceptors (Lipinski definition) is 5. The molecule has 0 aliphatic carbocycles. The molecule has 1 rings (SSSR count). The number of sulfonamides is 1. The molecule has 0 radical (unpaired) electrons. The van der Waals surface area contributed by atoms with Crippen molar-refractivity contribution in [3.8, 4) is 0 Å². The maximum absolute atomic E-state index is 12.2. The Hall–Kier alpha value is -0.180. The van der Waals surface area contributed by atoms with Crippen LogP contribution in [0.3, 0.4) is 0 Å². The van der Waals surface area contributed by atoms with Crippen LogP contribution in [-0.2, 0) is 19.9 Å². The molecule has 1 unspecified atom stereocenters. The summed E-state index contributed by atoms with van der Waals surface area (Å²) in [6.07, 6.45) is 2.58. The van der Waals surface area contributed by atoms with E-state index in [0.29, 0.717) is 13.1 Å². The monoisotopic (exact) mass is 298 g/mol. The van der Waals surface area contributed by atoms with Gasteiger partial charge in [-0.3, -0.25) is 0 Å². The highest BCUT2D eigenvalue weighted by molar-refractivity contribution is 7.93. The van der Waals surface area contributed by atoms with Crippen molar-refractivity contribution < 1.29 is 16.8 Å². The Morgan fingerprint density at radius 2 is 1.89 bits per heavy atom. The fraction of sp³-hybridized carbons (Fsp3) is 1.00. The van der Waals surface area contributed by atoms with Crippen LogP contribution < -0.4 is 5.32 Å². The highest BCUT2D eigenvalue weighted by atomic mass is 32.2. The summed E-state index contributed by atoms with van der Waals surface area (Å²) in [6.45, 7) is 3.84. The minimum absolute atomic E-state index is 0.0329. The van der Waals surface area contributed by atoms with Gasteiger partial charge in [0.25, 0.3) is 0 Å². The molecule has 1 N–H and O–H groups in total. The minimum atomic E-state index is -3.49. The number of rotatable bonds is 7. The molecule has 0 bridgehead atoms. The Balaban J connectivity index is 2.76. The summed E-state index contributed by atoms with van der Waals surface area (Å²) in [7, 11) is -6.74. The van der Waals surface area contributed by atoms with Gasteiger partial charge in [-0.1, -0.05) is 6.92 Å². The van der Waals surface area contributed by atoms with Crippen LogP contribution in [0, 0.1) is 0 Å². The zero-order chi connectivity index (χ0) is 13.8. The SMILES string of the molecule is CCCN(C1CCNC1)S(=O)(=O)CCS(C)(=O)=O. The van der Waals surface area contributed by atoms with Crippen LogP contribution in [0.5, 0.6) is 0 Å². The van der Waals surface area contributed by atoms with Gasteiger partial charge in [0, 0.05) is 25.4 Å². The molecule has 1 atom stereocenters. The van der Waals surface area contributed by atoms with Crippen LogP contribution in [0.4, 0.5) is 0 Å². The maximum Gasteiger partial charge on any atom is 0.215 e. The first kappa shape index (κ1) is 15.9. The average molecular weight is 298 g/mol. The molecule has 0 spiro atoms. The lowest BCUT2D eigenvalue weighted by Gasteiger charge is -2.27. The Bertz CT molecular complexity index is 452. The van der Waals surface area contributed by atoms with E-state index in [4.69, 9.17) is 0 Å². The van der Waals surface area contributed by atoms with Crippen LogP contribution in [0.2, 0.25) is 0 Å². The molecule has 1 fully saturated rings. The van der Waals surface area contributed by atoms with Crippen molar-refractivity contribution in [1.82, 2.24) is 9.62 Å². The van der Waals surface area contributed by atoms with E-state index in [1.807, 2.05) is 6.92 Å². The first-order valence-electron chi connectivity index (χ1n) is 6.14. The molecule has 8 heteroatoms. The lowest BCUT2D eigenvalue weighted by Crippen LogP contribution is -2.44. The van der Waals surface area contributed by atoms with Crippen LogP contribution in [0.1, 0.15) is 19.8 Å². The van der Waals surface area contributed by atoms with Gasteiger partial charge >= 0.3 is 0 Å². The fourth-order valence-corrected chi connectivity index (χ4v) is 5.41. The van der Waals surface area contributed by atoms with Gasteiger partial charge in [0.15, 0.2) is 0 Å². The van der Waals surface area contributed by atoms with Crippen molar-refractivity contribution in [3.05, 3.63) is 0 Å². The molecule has 0 aromatic heterocycles. The van der Waals surface area contributed by atoms with E-state index in [1.54, 1.807) is 0 Å². The largest absolute Gasteiger partial charge is 0.315 e. The molecule has 1 heterocycles. The summed E-state index contributed by atoms with van der Waals surface area (Å²) >= 11 is 0. The van der Waals surface area contributed by atoms with E-state index in [2.05, 4.69) is 5.32 Å². The Kier molecular flexibility index (Phi) is 5.57. The van der Waals surface area contributed by atoms with Crippen molar-refractivity contribution in [2.75, 3.05) is 37.4 Å². The van der Waals surface area contributed by atoms with E-state index in [1.165, 1.54) is 4.31 Å². The third-order valence-electron chi connectivity index (χ3n) is 2.95.